The van der Waals surface area contributed by atoms with Gasteiger partial charge in [-0.25, -0.2) is 19.2 Å². The van der Waals surface area contributed by atoms with Crippen LogP contribution in [0.5, 0.6) is 0 Å². The molecule has 2 amide bonds. The summed E-state index contributed by atoms with van der Waals surface area (Å²) in [7, 11) is 3.19. The largest absolute Gasteiger partial charge is 0.444 e. The van der Waals surface area contributed by atoms with Crippen LogP contribution in [0.4, 0.5) is 20.7 Å². The molecule has 37 heavy (non-hydrogen) atoms. The number of nitriles is 1. The number of amides is 2. The summed E-state index contributed by atoms with van der Waals surface area (Å²) in [5, 5.41) is 13.3. The number of benzene rings is 1. The molecule has 0 spiro atoms. The first-order chi connectivity index (χ1) is 17.5. The molecular weight excluding hydrogens is 477 g/mol. The summed E-state index contributed by atoms with van der Waals surface area (Å²) in [4.78, 5) is 36.3. The fourth-order valence-electron chi connectivity index (χ4n) is 4.33. The Kier molecular flexibility index (Phi) is 7.03. The van der Waals surface area contributed by atoms with Crippen LogP contribution >= 0.6 is 0 Å². The third-order valence-electron chi connectivity index (χ3n) is 6.11. The minimum absolute atomic E-state index is 0.0131. The highest BCUT2D eigenvalue weighted by Gasteiger charge is 2.29. The van der Waals surface area contributed by atoms with Crippen LogP contribution in [0, 0.1) is 17.1 Å². The zero-order chi connectivity index (χ0) is 26.9. The Morgan fingerprint density at radius 3 is 2.51 bits per heavy atom. The van der Waals surface area contributed by atoms with Gasteiger partial charge in [0, 0.05) is 45.0 Å². The highest BCUT2D eigenvalue weighted by Crippen LogP contribution is 2.33. The average molecular weight is 508 g/mol. The molecule has 1 aliphatic rings. The van der Waals surface area contributed by atoms with Crippen molar-refractivity contribution in [2.45, 2.75) is 45.3 Å². The van der Waals surface area contributed by atoms with Gasteiger partial charge in [0.25, 0.3) is 5.91 Å². The summed E-state index contributed by atoms with van der Waals surface area (Å²) < 4.78 is 22.3. The third-order valence-corrected chi connectivity index (χ3v) is 6.11. The molecule has 1 fully saturated rings. The van der Waals surface area contributed by atoms with Crippen LogP contribution in [0.1, 0.15) is 55.6 Å². The van der Waals surface area contributed by atoms with Crippen LogP contribution in [-0.4, -0.2) is 69.1 Å². The Bertz CT molecular complexity index is 1380. The van der Waals surface area contributed by atoms with Crippen LogP contribution < -0.4 is 5.32 Å². The maximum absolute atomic E-state index is 14.9. The smallest absolute Gasteiger partial charge is 0.410 e. The monoisotopic (exact) mass is 507 g/mol. The topological polar surface area (TPSA) is 116 Å². The number of hydrogen-bond acceptors (Lipinski definition) is 7. The van der Waals surface area contributed by atoms with Gasteiger partial charge >= 0.3 is 6.09 Å². The first-order valence-corrected chi connectivity index (χ1v) is 12.0. The number of aromatic nitrogens is 3. The van der Waals surface area contributed by atoms with E-state index in [9.17, 15) is 19.2 Å². The van der Waals surface area contributed by atoms with E-state index in [0.29, 0.717) is 42.5 Å². The fourth-order valence-corrected chi connectivity index (χ4v) is 4.33. The second-order valence-corrected chi connectivity index (χ2v) is 10.2. The number of rotatable bonds is 4. The minimum Gasteiger partial charge on any atom is -0.444 e. The van der Waals surface area contributed by atoms with E-state index in [1.807, 2.05) is 25.3 Å². The molecule has 194 valence electrons. The van der Waals surface area contributed by atoms with E-state index in [0.717, 1.165) is 6.07 Å². The van der Waals surface area contributed by atoms with E-state index < -0.39 is 11.4 Å². The summed E-state index contributed by atoms with van der Waals surface area (Å²) in [6.45, 7) is 6.53. The first kappa shape index (κ1) is 25.9. The lowest BCUT2D eigenvalue weighted by Gasteiger charge is -2.34. The molecule has 4 rings (SSSR count). The van der Waals surface area contributed by atoms with Gasteiger partial charge in [-0.05, 0) is 51.8 Å². The van der Waals surface area contributed by atoms with Crippen molar-refractivity contribution < 1.29 is 18.7 Å². The Morgan fingerprint density at radius 2 is 1.92 bits per heavy atom. The molecular formula is C26H30FN7O3. The van der Waals surface area contributed by atoms with Crippen molar-refractivity contribution in [3.8, 4) is 6.07 Å². The van der Waals surface area contributed by atoms with Gasteiger partial charge in [0.2, 0.25) is 0 Å². The zero-order valence-electron chi connectivity index (χ0n) is 21.6. The van der Waals surface area contributed by atoms with Crippen molar-refractivity contribution in [1.82, 2.24) is 24.3 Å². The van der Waals surface area contributed by atoms with Gasteiger partial charge in [0.1, 0.15) is 35.3 Å². The first-order valence-electron chi connectivity index (χ1n) is 12.0. The molecule has 3 heterocycles. The SMILES string of the molecule is CN(C)C(=O)c1ccc(Nc2ncnc3c2c(C#N)cn3C2CCN(C(=O)OC(C)(C)C)CC2)c(F)c1. The Balaban J connectivity index is 1.59. The normalized spacial score (nSPS) is 14.4. The lowest BCUT2D eigenvalue weighted by atomic mass is 10.1. The lowest BCUT2D eigenvalue weighted by molar-refractivity contribution is 0.0189. The molecule has 1 aliphatic heterocycles. The summed E-state index contributed by atoms with van der Waals surface area (Å²) >= 11 is 0. The number of nitrogens with zero attached hydrogens (tertiary/aromatic N) is 6. The molecule has 11 heteroatoms. The van der Waals surface area contributed by atoms with Gasteiger partial charge in [-0.2, -0.15) is 5.26 Å². The van der Waals surface area contributed by atoms with E-state index >= 15 is 0 Å². The van der Waals surface area contributed by atoms with E-state index in [1.54, 1.807) is 25.2 Å². The lowest BCUT2D eigenvalue weighted by Crippen LogP contribution is -2.42. The van der Waals surface area contributed by atoms with E-state index in [4.69, 9.17) is 4.74 Å². The summed E-state index contributed by atoms with van der Waals surface area (Å²) in [6, 6.07) is 6.36. The standard InChI is InChI=1S/C26H30FN7O3/c1-26(2,3)37-25(36)33-10-8-18(9-11-33)34-14-17(13-28)21-22(29-15-30-23(21)34)31-20-7-6-16(12-19(20)27)24(35)32(4)5/h6-7,12,14-15,18H,8-11H2,1-5H3,(H,29,30,31). The Morgan fingerprint density at radius 1 is 1.22 bits per heavy atom. The molecule has 0 bridgehead atoms. The molecule has 0 saturated carbocycles. The van der Waals surface area contributed by atoms with Gasteiger partial charge in [-0.1, -0.05) is 0 Å². The van der Waals surface area contributed by atoms with E-state index in [1.165, 1.54) is 23.4 Å². The Hall–Kier alpha value is -4.20. The number of piperidine rings is 1. The van der Waals surface area contributed by atoms with Crippen molar-refractivity contribution in [1.29, 1.82) is 5.26 Å². The molecule has 0 unspecified atom stereocenters. The number of carbonyl (C=O) groups excluding carboxylic acids is 2. The molecule has 1 N–H and O–H groups in total. The van der Waals surface area contributed by atoms with Gasteiger partial charge in [-0.3, -0.25) is 4.79 Å². The van der Waals surface area contributed by atoms with Crippen LogP contribution in [0.15, 0.2) is 30.7 Å². The van der Waals surface area contributed by atoms with Crippen molar-refractivity contribution in [2.24, 2.45) is 0 Å². The molecule has 0 aliphatic carbocycles. The van der Waals surface area contributed by atoms with Crippen molar-refractivity contribution >= 4 is 34.5 Å². The summed E-state index contributed by atoms with van der Waals surface area (Å²) in [5.74, 6) is -0.638. The minimum atomic E-state index is -0.619. The average Bonchev–Trinajstić information content (AvgIpc) is 3.23. The molecule has 2 aromatic heterocycles. The van der Waals surface area contributed by atoms with Crippen molar-refractivity contribution in [2.75, 3.05) is 32.5 Å². The van der Waals surface area contributed by atoms with Crippen molar-refractivity contribution in [3.05, 3.63) is 47.7 Å². The maximum atomic E-state index is 14.9. The van der Waals surface area contributed by atoms with E-state index in [2.05, 4.69) is 21.4 Å². The number of ether oxygens (including phenoxy) is 1. The van der Waals surface area contributed by atoms with E-state index in [-0.39, 0.29) is 35.1 Å². The molecule has 1 saturated heterocycles. The number of hydrogen-bond donors (Lipinski definition) is 1. The van der Waals surface area contributed by atoms with Gasteiger partial charge in [0.15, 0.2) is 0 Å². The predicted molar refractivity (Wildman–Crippen MR) is 136 cm³/mol. The third kappa shape index (κ3) is 5.48. The number of nitrogens with one attached hydrogen (secondary N) is 1. The molecule has 0 atom stereocenters. The Labute approximate surface area is 214 Å². The molecule has 10 nitrogen and oxygen atoms in total. The number of anilines is 2. The molecule has 3 aromatic rings. The van der Waals surface area contributed by atoms with Crippen LogP contribution in [0.2, 0.25) is 0 Å². The number of carbonyl (C=O) groups is 2. The predicted octanol–water partition coefficient (Wildman–Crippen LogP) is 4.46. The molecule has 1 aromatic carbocycles. The fraction of sp³-hybridized carbons (Fsp3) is 0.423. The number of likely N-dealkylation sites (tertiary alicyclic amines) is 1. The summed E-state index contributed by atoms with van der Waals surface area (Å²) in [6.07, 6.45) is 4.08. The van der Waals surface area contributed by atoms with Crippen molar-refractivity contribution in [3.63, 3.8) is 0 Å². The number of halogens is 1. The second kappa shape index (κ2) is 10.0. The second-order valence-electron chi connectivity index (χ2n) is 10.2. The van der Waals surface area contributed by atoms with Crippen LogP contribution in [0.25, 0.3) is 11.0 Å². The maximum Gasteiger partial charge on any atom is 0.410 e. The van der Waals surface area contributed by atoms with Crippen LogP contribution in [-0.2, 0) is 4.74 Å². The van der Waals surface area contributed by atoms with Crippen LogP contribution in [0.3, 0.4) is 0 Å². The number of fused-ring (bicyclic) bond motifs is 1. The van der Waals surface area contributed by atoms with Gasteiger partial charge < -0.3 is 24.4 Å². The zero-order valence-corrected chi connectivity index (χ0v) is 21.6. The van der Waals surface area contributed by atoms with Gasteiger partial charge in [0.05, 0.1) is 16.6 Å². The summed E-state index contributed by atoms with van der Waals surface area (Å²) in [5.41, 5.74) is 0.686. The highest BCUT2D eigenvalue weighted by atomic mass is 19.1. The molecule has 0 radical (unpaired) electrons. The van der Waals surface area contributed by atoms with Gasteiger partial charge in [-0.15, -0.1) is 0 Å². The highest BCUT2D eigenvalue weighted by molar-refractivity contribution is 5.96. The quantitative estimate of drug-likeness (QED) is 0.554.